The molecule has 0 aliphatic carbocycles. The Labute approximate surface area is 169 Å². The maximum absolute atomic E-state index is 12.5. The van der Waals surface area contributed by atoms with Crippen LogP contribution < -0.4 is 10.4 Å². The number of carbonyl (C=O) groups is 3. The second-order valence-corrected chi connectivity index (χ2v) is 6.50. The molecule has 142 valence electrons. The topological polar surface area (TPSA) is 103 Å². The van der Waals surface area contributed by atoms with E-state index in [9.17, 15) is 19.5 Å². The van der Waals surface area contributed by atoms with E-state index < -0.39 is 17.8 Å². The number of carbonyl (C=O) groups excluding carboxylic acids is 3. The first kappa shape index (κ1) is 19.5. The molecule has 3 rings (SSSR count). The van der Waals surface area contributed by atoms with Gasteiger partial charge in [0.2, 0.25) is 0 Å². The van der Waals surface area contributed by atoms with Crippen molar-refractivity contribution < 1.29 is 23.9 Å². The number of aromatic carboxylic acids is 1. The lowest BCUT2D eigenvalue weighted by atomic mass is 10.1. The highest BCUT2D eigenvalue weighted by molar-refractivity contribution is 7.80. The zero-order chi connectivity index (χ0) is 20.4. The van der Waals surface area contributed by atoms with Gasteiger partial charge >= 0.3 is 0 Å². The van der Waals surface area contributed by atoms with E-state index >= 15 is 0 Å². The summed E-state index contributed by atoms with van der Waals surface area (Å²) in [5.41, 5.74) is 0.247. The van der Waals surface area contributed by atoms with Gasteiger partial charge in [-0.2, -0.15) is 0 Å². The molecule has 9 heteroatoms. The Balaban J connectivity index is 1.91. The van der Waals surface area contributed by atoms with Crippen molar-refractivity contribution in [1.82, 2.24) is 10.2 Å². The van der Waals surface area contributed by atoms with Crippen molar-refractivity contribution in [3.05, 3.63) is 64.9 Å². The van der Waals surface area contributed by atoms with Crippen LogP contribution in [0.5, 0.6) is 0 Å². The number of furan rings is 1. The third-order valence-corrected chi connectivity index (χ3v) is 4.52. The smallest absolute Gasteiger partial charge is 0.266 e. The Bertz CT molecular complexity index is 1060. The summed E-state index contributed by atoms with van der Waals surface area (Å²) in [6.45, 7) is 3.71. The molecular formula is C19H12ClN2O5S-. The monoisotopic (exact) mass is 415 g/mol. The van der Waals surface area contributed by atoms with Gasteiger partial charge in [-0.25, -0.2) is 0 Å². The molecule has 0 bridgehead atoms. The Morgan fingerprint density at radius 1 is 1.32 bits per heavy atom. The minimum Gasteiger partial charge on any atom is -0.545 e. The third-order valence-electron chi connectivity index (χ3n) is 3.88. The Kier molecular flexibility index (Phi) is 5.43. The van der Waals surface area contributed by atoms with Crippen molar-refractivity contribution in [2.75, 3.05) is 6.54 Å². The second kappa shape index (κ2) is 7.79. The maximum Gasteiger partial charge on any atom is 0.266 e. The predicted octanol–water partition coefficient (Wildman–Crippen LogP) is 1.78. The van der Waals surface area contributed by atoms with Gasteiger partial charge in [0.25, 0.3) is 11.8 Å². The normalized spacial score (nSPS) is 15.7. The number of halogens is 1. The van der Waals surface area contributed by atoms with Gasteiger partial charge in [0, 0.05) is 17.7 Å². The third kappa shape index (κ3) is 3.73. The fourth-order valence-electron chi connectivity index (χ4n) is 2.55. The van der Waals surface area contributed by atoms with Gasteiger partial charge in [-0.05, 0) is 36.5 Å². The quantitative estimate of drug-likeness (QED) is 0.345. The standard InChI is InChI=1S/C19H13ClN2O5S/c1-2-7-22-17(24)13(16(23)21-19(22)28)9-11-4-6-15(27-11)10-3-5-12(18(25)26)14(20)8-10/h2-6,8-9H,1,7H2,(H,25,26)(H,21,23,28)/p-1/b13-9+. The lowest BCUT2D eigenvalue weighted by Gasteiger charge is -2.27. The van der Waals surface area contributed by atoms with Gasteiger partial charge in [0.15, 0.2) is 5.11 Å². The molecule has 2 amide bonds. The SMILES string of the molecule is C=CCN1C(=O)/C(=C/c2ccc(-c3ccc(C(=O)[O-])c(Cl)c3)o2)C(=O)NC1=S. The molecule has 1 aliphatic rings. The van der Waals surface area contributed by atoms with Crippen LogP contribution in [0.1, 0.15) is 16.1 Å². The number of carboxylic acids is 1. The summed E-state index contributed by atoms with van der Waals surface area (Å²) in [5.74, 6) is -1.95. The van der Waals surface area contributed by atoms with Crippen molar-refractivity contribution in [3.8, 4) is 11.3 Å². The van der Waals surface area contributed by atoms with Gasteiger partial charge < -0.3 is 14.3 Å². The Hall–Kier alpha value is -3.23. The number of rotatable bonds is 5. The predicted molar refractivity (Wildman–Crippen MR) is 104 cm³/mol. The summed E-state index contributed by atoms with van der Waals surface area (Å²) in [5, 5.41) is 13.4. The van der Waals surface area contributed by atoms with E-state index in [0.29, 0.717) is 11.3 Å². The van der Waals surface area contributed by atoms with Gasteiger partial charge in [-0.15, -0.1) is 6.58 Å². The summed E-state index contributed by atoms with van der Waals surface area (Å²) in [6.07, 6.45) is 2.79. The highest BCUT2D eigenvalue weighted by Gasteiger charge is 2.32. The van der Waals surface area contributed by atoms with Crippen LogP contribution in [0.15, 0.2) is 53.0 Å². The molecule has 1 saturated heterocycles. The van der Waals surface area contributed by atoms with E-state index in [1.54, 1.807) is 12.1 Å². The van der Waals surface area contributed by atoms with Crippen molar-refractivity contribution in [3.63, 3.8) is 0 Å². The summed E-state index contributed by atoms with van der Waals surface area (Å²) >= 11 is 10.9. The van der Waals surface area contributed by atoms with Crippen molar-refractivity contribution >= 4 is 52.8 Å². The van der Waals surface area contributed by atoms with Crippen molar-refractivity contribution in [2.24, 2.45) is 0 Å². The van der Waals surface area contributed by atoms with Crippen LogP contribution >= 0.6 is 23.8 Å². The second-order valence-electron chi connectivity index (χ2n) is 5.71. The number of hydrogen-bond donors (Lipinski definition) is 1. The zero-order valence-corrected chi connectivity index (χ0v) is 15.8. The average molecular weight is 416 g/mol. The van der Waals surface area contributed by atoms with Crippen molar-refractivity contribution in [2.45, 2.75) is 0 Å². The lowest BCUT2D eigenvalue weighted by molar-refractivity contribution is -0.255. The Morgan fingerprint density at radius 3 is 2.71 bits per heavy atom. The van der Waals surface area contributed by atoms with Gasteiger partial charge in [0.05, 0.1) is 11.0 Å². The molecule has 0 radical (unpaired) electrons. The number of hydrogen-bond acceptors (Lipinski definition) is 6. The summed E-state index contributed by atoms with van der Waals surface area (Å²) < 4.78 is 5.64. The first-order valence-electron chi connectivity index (χ1n) is 7.92. The fourth-order valence-corrected chi connectivity index (χ4v) is 3.06. The molecule has 2 aromatic rings. The molecule has 2 heterocycles. The lowest BCUT2D eigenvalue weighted by Crippen LogP contribution is -2.53. The van der Waals surface area contributed by atoms with Crippen LogP contribution in [0, 0.1) is 0 Å². The maximum atomic E-state index is 12.5. The highest BCUT2D eigenvalue weighted by Crippen LogP contribution is 2.28. The van der Waals surface area contributed by atoms with Crippen LogP contribution in [0.4, 0.5) is 0 Å². The van der Waals surface area contributed by atoms with Crippen molar-refractivity contribution in [1.29, 1.82) is 0 Å². The van der Waals surface area contributed by atoms with E-state index in [1.807, 2.05) is 0 Å². The first-order valence-corrected chi connectivity index (χ1v) is 8.71. The molecule has 0 atom stereocenters. The molecule has 0 spiro atoms. The molecule has 28 heavy (non-hydrogen) atoms. The number of thiocarbonyl (C=S) groups is 1. The van der Waals surface area contributed by atoms with Gasteiger partial charge in [-0.3, -0.25) is 19.8 Å². The molecule has 0 unspecified atom stereocenters. The number of nitrogens with zero attached hydrogens (tertiary/aromatic N) is 1. The molecule has 1 aromatic carbocycles. The average Bonchev–Trinajstić information content (AvgIpc) is 3.10. The van der Waals surface area contributed by atoms with Crippen LogP contribution in [0.3, 0.4) is 0 Å². The van der Waals surface area contributed by atoms with E-state index in [-0.39, 0.29) is 33.6 Å². The van der Waals surface area contributed by atoms with E-state index in [1.165, 1.54) is 35.3 Å². The number of carboxylic acid groups (broad SMARTS) is 1. The largest absolute Gasteiger partial charge is 0.545 e. The number of amides is 2. The first-order chi connectivity index (χ1) is 13.3. The Morgan fingerprint density at radius 2 is 2.07 bits per heavy atom. The fraction of sp³-hybridized carbons (Fsp3) is 0.0526. The molecule has 0 saturated carbocycles. The van der Waals surface area contributed by atoms with E-state index in [0.717, 1.165) is 0 Å². The minimum atomic E-state index is -1.38. The van der Waals surface area contributed by atoms with Crippen LogP contribution in [-0.2, 0) is 9.59 Å². The highest BCUT2D eigenvalue weighted by atomic mass is 35.5. The molecule has 7 nitrogen and oxygen atoms in total. The summed E-state index contributed by atoms with van der Waals surface area (Å²) in [7, 11) is 0. The van der Waals surface area contributed by atoms with Gasteiger partial charge in [0.1, 0.15) is 17.1 Å². The minimum absolute atomic E-state index is 0.00391. The van der Waals surface area contributed by atoms with Crippen LogP contribution in [0.2, 0.25) is 5.02 Å². The van der Waals surface area contributed by atoms with E-state index in [4.69, 9.17) is 28.2 Å². The molecule has 1 aromatic heterocycles. The number of nitrogens with one attached hydrogen (secondary N) is 1. The molecule has 1 aliphatic heterocycles. The summed E-state index contributed by atoms with van der Waals surface area (Å²) in [4.78, 5) is 36.8. The van der Waals surface area contributed by atoms with E-state index in [2.05, 4.69) is 11.9 Å². The molecule has 1 fully saturated rings. The van der Waals surface area contributed by atoms with Crippen LogP contribution in [0.25, 0.3) is 17.4 Å². The summed E-state index contributed by atoms with van der Waals surface area (Å²) in [6, 6.07) is 7.41. The molecule has 1 N–H and O–H groups in total. The van der Waals surface area contributed by atoms with Crippen LogP contribution in [-0.4, -0.2) is 34.3 Å². The molecular weight excluding hydrogens is 404 g/mol. The van der Waals surface area contributed by atoms with Gasteiger partial charge in [-0.1, -0.05) is 29.8 Å². The number of benzene rings is 1. The zero-order valence-electron chi connectivity index (χ0n) is 14.2.